The second-order valence-corrected chi connectivity index (χ2v) is 6.35. The Hall–Kier alpha value is -1.88. The average Bonchev–Trinajstić information content (AvgIpc) is 3.13. The van der Waals surface area contributed by atoms with Gasteiger partial charge in [0.15, 0.2) is 0 Å². The Labute approximate surface area is 130 Å². The van der Waals surface area contributed by atoms with Gasteiger partial charge in [0.25, 0.3) is 5.91 Å². The second-order valence-electron chi connectivity index (χ2n) is 6.35. The van der Waals surface area contributed by atoms with E-state index in [1.807, 2.05) is 18.2 Å². The largest absolute Gasteiger partial charge is 0.354 e. The first kappa shape index (κ1) is 15.0. The van der Waals surface area contributed by atoms with E-state index in [0.29, 0.717) is 30.5 Å². The van der Waals surface area contributed by atoms with E-state index in [9.17, 15) is 9.59 Å². The van der Waals surface area contributed by atoms with Gasteiger partial charge in [0.2, 0.25) is 5.91 Å². The van der Waals surface area contributed by atoms with E-state index in [1.165, 1.54) is 6.42 Å². The number of fused-ring (bicyclic) bond motifs is 2. The maximum absolute atomic E-state index is 12.3. The van der Waals surface area contributed by atoms with Gasteiger partial charge in [-0.05, 0) is 43.2 Å². The van der Waals surface area contributed by atoms with Gasteiger partial charge in [-0.1, -0.05) is 18.2 Å². The van der Waals surface area contributed by atoms with Crippen molar-refractivity contribution >= 4 is 11.8 Å². The highest BCUT2D eigenvalue weighted by atomic mass is 16.2. The summed E-state index contributed by atoms with van der Waals surface area (Å²) >= 11 is 0. The molecule has 2 bridgehead atoms. The molecule has 2 amide bonds. The lowest BCUT2D eigenvalue weighted by Crippen LogP contribution is -2.46. The molecule has 4 unspecified atom stereocenters. The van der Waals surface area contributed by atoms with Crippen LogP contribution in [0.2, 0.25) is 0 Å². The topological polar surface area (TPSA) is 84.2 Å². The van der Waals surface area contributed by atoms with E-state index in [4.69, 9.17) is 5.73 Å². The van der Waals surface area contributed by atoms with Crippen molar-refractivity contribution in [1.29, 1.82) is 0 Å². The Balaban J connectivity index is 1.40. The number of hydrogen-bond donors (Lipinski definition) is 3. The summed E-state index contributed by atoms with van der Waals surface area (Å²) in [6.07, 6.45) is 3.40. The molecule has 4 atom stereocenters. The van der Waals surface area contributed by atoms with Gasteiger partial charge in [0.1, 0.15) is 0 Å². The van der Waals surface area contributed by atoms with Crippen LogP contribution in [0.3, 0.4) is 0 Å². The van der Waals surface area contributed by atoms with Crippen LogP contribution in [0.15, 0.2) is 30.3 Å². The average molecular weight is 301 g/mol. The molecule has 0 spiro atoms. The fourth-order valence-corrected chi connectivity index (χ4v) is 3.90. The number of nitrogens with two attached hydrogens (primary N) is 1. The summed E-state index contributed by atoms with van der Waals surface area (Å²) in [5, 5.41) is 5.72. The fourth-order valence-electron chi connectivity index (χ4n) is 3.90. The number of rotatable bonds is 5. The van der Waals surface area contributed by atoms with Gasteiger partial charge in [0.05, 0.1) is 5.92 Å². The zero-order valence-corrected chi connectivity index (χ0v) is 12.6. The van der Waals surface area contributed by atoms with Crippen molar-refractivity contribution in [2.75, 3.05) is 13.1 Å². The van der Waals surface area contributed by atoms with Crippen molar-refractivity contribution in [3.8, 4) is 0 Å². The molecule has 5 heteroatoms. The molecule has 2 aliphatic rings. The second kappa shape index (κ2) is 6.48. The van der Waals surface area contributed by atoms with Crippen LogP contribution in [0.5, 0.6) is 0 Å². The molecule has 2 aliphatic carbocycles. The summed E-state index contributed by atoms with van der Waals surface area (Å²) in [6, 6.07) is 9.07. The minimum atomic E-state index is -0.119. The zero-order chi connectivity index (χ0) is 15.5. The highest BCUT2D eigenvalue weighted by Crippen LogP contribution is 2.47. The highest BCUT2D eigenvalue weighted by molar-refractivity contribution is 5.94. The van der Waals surface area contributed by atoms with E-state index >= 15 is 0 Å². The standard InChI is InChI=1S/C17H23N3O2/c18-15-13-7-6-12(10-13)14(15)17(22)20-9-8-19-16(21)11-4-2-1-3-5-11/h1-5,12-15H,6-10,18H2,(H,19,21)(H,20,22). The molecule has 3 rings (SSSR count). The van der Waals surface area contributed by atoms with E-state index < -0.39 is 0 Å². The number of hydrogen-bond acceptors (Lipinski definition) is 3. The molecule has 1 aromatic carbocycles. The number of carbonyl (C=O) groups excluding carboxylic acids is 2. The predicted octanol–water partition coefficient (Wildman–Crippen LogP) is 0.906. The minimum absolute atomic E-state index is 0.0117. The molecule has 2 fully saturated rings. The summed E-state index contributed by atoms with van der Waals surface area (Å²) in [6.45, 7) is 0.869. The third-order valence-corrected chi connectivity index (χ3v) is 5.03. The monoisotopic (exact) mass is 301 g/mol. The first-order valence-corrected chi connectivity index (χ1v) is 8.03. The molecule has 0 heterocycles. The lowest BCUT2D eigenvalue weighted by molar-refractivity contribution is -0.127. The van der Waals surface area contributed by atoms with E-state index in [0.717, 1.165) is 12.8 Å². The SMILES string of the molecule is NC1C2CCC(C2)C1C(=O)NCCNC(=O)c1ccccc1. The van der Waals surface area contributed by atoms with E-state index in [2.05, 4.69) is 10.6 Å². The first-order valence-electron chi connectivity index (χ1n) is 8.03. The summed E-state index contributed by atoms with van der Waals surface area (Å²) in [5.41, 5.74) is 6.79. The van der Waals surface area contributed by atoms with Crippen molar-refractivity contribution in [2.45, 2.75) is 25.3 Å². The molecular weight excluding hydrogens is 278 g/mol. The normalized spacial score (nSPS) is 29.3. The van der Waals surface area contributed by atoms with Crippen molar-refractivity contribution in [2.24, 2.45) is 23.5 Å². The van der Waals surface area contributed by atoms with Crippen molar-refractivity contribution in [1.82, 2.24) is 10.6 Å². The van der Waals surface area contributed by atoms with Crippen LogP contribution < -0.4 is 16.4 Å². The molecule has 0 saturated heterocycles. The molecule has 0 radical (unpaired) electrons. The number of amides is 2. The van der Waals surface area contributed by atoms with Crippen LogP contribution in [0, 0.1) is 17.8 Å². The van der Waals surface area contributed by atoms with Gasteiger partial charge in [0, 0.05) is 24.7 Å². The van der Waals surface area contributed by atoms with Crippen molar-refractivity contribution in [3.63, 3.8) is 0 Å². The predicted molar refractivity (Wildman–Crippen MR) is 84.1 cm³/mol. The van der Waals surface area contributed by atoms with Gasteiger partial charge in [-0.2, -0.15) is 0 Å². The van der Waals surface area contributed by atoms with Crippen molar-refractivity contribution < 1.29 is 9.59 Å². The summed E-state index contributed by atoms with van der Waals surface area (Å²) < 4.78 is 0. The van der Waals surface area contributed by atoms with Crippen LogP contribution in [0.4, 0.5) is 0 Å². The van der Waals surface area contributed by atoms with E-state index in [1.54, 1.807) is 12.1 Å². The summed E-state index contributed by atoms with van der Waals surface area (Å²) in [7, 11) is 0. The van der Waals surface area contributed by atoms with Crippen molar-refractivity contribution in [3.05, 3.63) is 35.9 Å². The molecule has 4 N–H and O–H groups in total. The molecular formula is C17H23N3O2. The molecule has 118 valence electrons. The maximum atomic E-state index is 12.3. The van der Waals surface area contributed by atoms with Gasteiger partial charge < -0.3 is 16.4 Å². The third kappa shape index (κ3) is 2.99. The Morgan fingerprint density at radius 1 is 1.05 bits per heavy atom. The van der Waals surface area contributed by atoms with Gasteiger partial charge in [-0.15, -0.1) is 0 Å². The fraction of sp³-hybridized carbons (Fsp3) is 0.529. The Morgan fingerprint density at radius 3 is 2.41 bits per heavy atom. The van der Waals surface area contributed by atoms with Gasteiger partial charge >= 0.3 is 0 Å². The third-order valence-electron chi connectivity index (χ3n) is 5.03. The summed E-state index contributed by atoms with van der Waals surface area (Å²) in [5.74, 6) is 0.876. The smallest absolute Gasteiger partial charge is 0.251 e. The Kier molecular flexibility index (Phi) is 4.43. The number of nitrogens with one attached hydrogen (secondary N) is 2. The van der Waals surface area contributed by atoms with Crippen LogP contribution in [0.25, 0.3) is 0 Å². The molecule has 22 heavy (non-hydrogen) atoms. The number of benzene rings is 1. The maximum Gasteiger partial charge on any atom is 0.251 e. The molecule has 5 nitrogen and oxygen atoms in total. The zero-order valence-electron chi connectivity index (χ0n) is 12.6. The Morgan fingerprint density at radius 2 is 1.73 bits per heavy atom. The molecule has 0 aliphatic heterocycles. The van der Waals surface area contributed by atoms with E-state index in [-0.39, 0.29) is 23.8 Å². The quantitative estimate of drug-likeness (QED) is 0.707. The van der Waals surface area contributed by atoms with Crippen LogP contribution >= 0.6 is 0 Å². The number of carbonyl (C=O) groups is 2. The minimum Gasteiger partial charge on any atom is -0.354 e. The Bertz CT molecular complexity index is 544. The lowest BCUT2D eigenvalue weighted by atomic mass is 9.84. The molecule has 1 aromatic rings. The van der Waals surface area contributed by atoms with Gasteiger partial charge in [-0.3, -0.25) is 9.59 Å². The molecule has 2 saturated carbocycles. The van der Waals surface area contributed by atoms with Crippen LogP contribution in [-0.4, -0.2) is 30.9 Å². The van der Waals surface area contributed by atoms with Gasteiger partial charge in [-0.25, -0.2) is 0 Å². The highest BCUT2D eigenvalue weighted by Gasteiger charge is 2.48. The lowest BCUT2D eigenvalue weighted by Gasteiger charge is -2.27. The molecule has 0 aromatic heterocycles. The van der Waals surface area contributed by atoms with Crippen LogP contribution in [-0.2, 0) is 4.79 Å². The summed E-state index contributed by atoms with van der Waals surface area (Å²) in [4.78, 5) is 24.1. The van der Waals surface area contributed by atoms with Crippen LogP contribution in [0.1, 0.15) is 29.6 Å². The first-order chi connectivity index (χ1) is 10.7.